The Hall–Kier alpha value is -2.61. The summed E-state index contributed by atoms with van der Waals surface area (Å²) in [5.74, 6) is -1.20. The average molecular weight is 362 g/mol. The lowest BCUT2D eigenvalue weighted by Gasteiger charge is -2.00. The standard InChI is InChI=1S/C17H16F2N4OS/c1-10-9-25-17(20-10)4-2-3-16(24)21-15-8-14(22-23-15)11-5-12(18)7-13(19)6-11/h5-9H,2-4H2,1H3,(H2,21,22,23,24). The molecule has 2 N–H and O–H groups in total. The van der Waals surface area contributed by atoms with Crippen LogP contribution in [0.3, 0.4) is 0 Å². The van der Waals surface area contributed by atoms with Gasteiger partial charge in [0, 0.05) is 35.2 Å². The second-order valence-electron chi connectivity index (χ2n) is 5.61. The minimum atomic E-state index is -0.674. The van der Waals surface area contributed by atoms with Crippen molar-refractivity contribution in [3.8, 4) is 11.3 Å². The van der Waals surface area contributed by atoms with Gasteiger partial charge in [-0.1, -0.05) is 0 Å². The summed E-state index contributed by atoms with van der Waals surface area (Å²) in [4.78, 5) is 16.3. The summed E-state index contributed by atoms with van der Waals surface area (Å²) in [5.41, 5.74) is 1.74. The molecule has 0 saturated carbocycles. The van der Waals surface area contributed by atoms with Crippen molar-refractivity contribution in [1.29, 1.82) is 0 Å². The van der Waals surface area contributed by atoms with Crippen molar-refractivity contribution < 1.29 is 13.6 Å². The summed E-state index contributed by atoms with van der Waals surface area (Å²) in [6, 6.07) is 4.72. The van der Waals surface area contributed by atoms with E-state index in [0.717, 1.165) is 23.2 Å². The van der Waals surface area contributed by atoms with Crippen molar-refractivity contribution >= 4 is 23.1 Å². The van der Waals surface area contributed by atoms with Gasteiger partial charge in [-0.15, -0.1) is 11.3 Å². The number of amides is 1. The Kier molecular flexibility index (Phi) is 5.18. The van der Waals surface area contributed by atoms with Gasteiger partial charge in [-0.05, 0) is 31.9 Å². The molecule has 5 nitrogen and oxygen atoms in total. The summed E-state index contributed by atoms with van der Waals surface area (Å²) in [5, 5.41) is 12.3. The summed E-state index contributed by atoms with van der Waals surface area (Å²) >= 11 is 1.59. The van der Waals surface area contributed by atoms with Crippen LogP contribution in [0.2, 0.25) is 0 Å². The smallest absolute Gasteiger partial charge is 0.225 e. The lowest BCUT2D eigenvalue weighted by molar-refractivity contribution is -0.116. The molecule has 0 spiro atoms. The SMILES string of the molecule is Cc1csc(CCCC(=O)Nc2cc(-c3cc(F)cc(F)c3)[nH]n2)n1. The number of benzene rings is 1. The third-order valence-electron chi connectivity index (χ3n) is 3.48. The van der Waals surface area contributed by atoms with E-state index in [-0.39, 0.29) is 5.91 Å². The van der Waals surface area contributed by atoms with E-state index >= 15 is 0 Å². The van der Waals surface area contributed by atoms with Crippen LogP contribution in [0.5, 0.6) is 0 Å². The Balaban J connectivity index is 1.54. The van der Waals surface area contributed by atoms with Gasteiger partial charge >= 0.3 is 0 Å². The molecule has 1 amide bonds. The minimum Gasteiger partial charge on any atom is -0.309 e. The molecule has 8 heteroatoms. The number of aryl methyl sites for hydroxylation is 2. The van der Waals surface area contributed by atoms with E-state index in [1.165, 1.54) is 18.2 Å². The van der Waals surface area contributed by atoms with E-state index in [1.54, 1.807) is 11.3 Å². The average Bonchev–Trinajstić information content (AvgIpc) is 3.15. The molecule has 130 valence electrons. The van der Waals surface area contributed by atoms with E-state index in [4.69, 9.17) is 0 Å². The molecular formula is C17H16F2N4OS. The van der Waals surface area contributed by atoms with Crippen LogP contribution < -0.4 is 5.32 Å². The summed E-state index contributed by atoms with van der Waals surface area (Å²) in [6.07, 6.45) is 1.78. The monoisotopic (exact) mass is 362 g/mol. The lowest BCUT2D eigenvalue weighted by atomic mass is 10.1. The molecule has 3 rings (SSSR count). The first kappa shape index (κ1) is 17.2. The van der Waals surface area contributed by atoms with Gasteiger partial charge in [0.15, 0.2) is 5.82 Å². The van der Waals surface area contributed by atoms with Crippen LogP contribution in [0, 0.1) is 18.6 Å². The fraction of sp³-hybridized carbons (Fsp3) is 0.235. The molecule has 0 atom stereocenters. The van der Waals surface area contributed by atoms with E-state index in [9.17, 15) is 13.6 Å². The van der Waals surface area contributed by atoms with Gasteiger partial charge in [0.2, 0.25) is 5.91 Å². The zero-order chi connectivity index (χ0) is 17.8. The molecule has 0 bridgehead atoms. The molecule has 0 aliphatic rings. The maximum absolute atomic E-state index is 13.3. The van der Waals surface area contributed by atoms with Crippen molar-refractivity contribution in [1.82, 2.24) is 15.2 Å². The highest BCUT2D eigenvalue weighted by Crippen LogP contribution is 2.22. The second-order valence-corrected chi connectivity index (χ2v) is 6.55. The highest BCUT2D eigenvalue weighted by molar-refractivity contribution is 7.09. The number of rotatable bonds is 6. The third-order valence-corrected chi connectivity index (χ3v) is 4.51. The molecule has 25 heavy (non-hydrogen) atoms. The Morgan fingerprint density at radius 2 is 2.00 bits per heavy atom. The number of hydrogen-bond acceptors (Lipinski definition) is 4. The van der Waals surface area contributed by atoms with Gasteiger partial charge in [-0.2, -0.15) is 5.10 Å². The van der Waals surface area contributed by atoms with E-state index in [0.29, 0.717) is 29.9 Å². The Labute approximate surface area is 147 Å². The van der Waals surface area contributed by atoms with Gasteiger partial charge in [-0.25, -0.2) is 13.8 Å². The first-order chi connectivity index (χ1) is 12.0. The van der Waals surface area contributed by atoms with Gasteiger partial charge in [-0.3, -0.25) is 9.89 Å². The molecule has 0 radical (unpaired) electrons. The number of aromatic nitrogens is 3. The number of carbonyl (C=O) groups is 1. The molecule has 2 heterocycles. The molecule has 1 aromatic carbocycles. The predicted molar refractivity (Wildman–Crippen MR) is 92.4 cm³/mol. The maximum Gasteiger partial charge on any atom is 0.225 e. The largest absolute Gasteiger partial charge is 0.309 e. The van der Waals surface area contributed by atoms with Gasteiger partial charge in [0.05, 0.1) is 10.7 Å². The molecule has 3 aromatic rings. The first-order valence-electron chi connectivity index (χ1n) is 7.72. The highest BCUT2D eigenvalue weighted by atomic mass is 32.1. The molecular weight excluding hydrogens is 346 g/mol. The van der Waals surface area contributed by atoms with Crippen LogP contribution >= 0.6 is 11.3 Å². The Morgan fingerprint density at radius 1 is 1.24 bits per heavy atom. The van der Waals surface area contributed by atoms with Crippen LogP contribution in [-0.2, 0) is 11.2 Å². The topological polar surface area (TPSA) is 70.7 Å². The fourth-order valence-electron chi connectivity index (χ4n) is 2.37. The normalized spacial score (nSPS) is 10.8. The third kappa shape index (κ3) is 4.69. The van der Waals surface area contributed by atoms with Crippen molar-refractivity contribution in [2.45, 2.75) is 26.2 Å². The number of nitrogens with zero attached hydrogens (tertiary/aromatic N) is 2. The van der Waals surface area contributed by atoms with Crippen LogP contribution in [0.25, 0.3) is 11.3 Å². The minimum absolute atomic E-state index is 0.170. The molecule has 0 saturated heterocycles. The number of nitrogens with one attached hydrogen (secondary N) is 2. The zero-order valence-corrected chi connectivity index (χ0v) is 14.3. The number of halogens is 2. The number of hydrogen-bond donors (Lipinski definition) is 2. The summed E-state index contributed by atoms with van der Waals surface area (Å²) < 4.78 is 26.5. The molecule has 0 aliphatic carbocycles. The highest BCUT2D eigenvalue weighted by Gasteiger charge is 2.10. The van der Waals surface area contributed by atoms with Gasteiger partial charge in [0.1, 0.15) is 11.6 Å². The van der Waals surface area contributed by atoms with Crippen molar-refractivity contribution in [2.75, 3.05) is 5.32 Å². The number of carbonyl (C=O) groups excluding carboxylic acids is 1. The number of anilines is 1. The molecule has 0 aliphatic heterocycles. The fourth-order valence-corrected chi connectivity index (χ4v) is 3.18. The number of aromatic amines is 1. The predicted octanol–water partition coefficient (Wildman–Crippen LogP) is 4.08. The van der Waals surface area contributed by atoms with Crippen LogP contribution in [0.4, 0.5) is 14.6 Å². The zero-order valence-electron chi connectivity index (χ0n) is 13.5. The lowest BCUT2D eigenvalue weighted by Crippen LogP contribution is -2.11. The maximum atomic E-state index is 13.3. The summed E-state index contributed by atoms with van der Waals surface area (Å²) in [6.45, 7) is 1.94. The quantitative estimate of drug-likeness (QED) is 0.694. The summed E-state index contributed by atoms with van der Waals surface area (Å²) in [7, 11) is 0. The van der Waals surface area contributed by atoms with Crippen molar-refractivity contribution in [3.63, 3.8) is 0 Å². The number of H-pyrrole nitrogens is 1. The van der Waals surface area contributed by atoms with Crippen molar-refractivity contribution in [3.05, 3.63) is 52.0 Å². The van der Waals surface area contributed by atoms with Crippen LogP contribution in [-0.4, -0.2) is 21.1 Å². The van der Waals surface area contributed by atoms with Crippen LogP contribution in [0.15, 0.2) is 29.6 Å². The van der Waals surface area contributed by atoms with Gasteiger partial charge in [0.25, 0.3) is 0 Å². The van der Waals surface area contributed by atoms with Crippen LogP contribution in [0.1, 0.15) is 23.5 Å². The van der Waals surface area contributed by atoms with E-state index in [1.807, 2.05) is 12.3 Å². The molecule has 0 fully saturated rings. The Morgan fingerprint density at radius 3 is 2.68 bits per heavy atom. The van der Waals surface area contributed by atoms with Crippen molar-refractivity contribution in [2.24, 2.45) is 0 Å². The molecule has 2 aromatic heterocycles. The second kappa shape index (κ2) is 7.52. The van der Waals surface area contributed by atoms with Gasteiger partial charge < -0.3 is 5.32 Å². The number of thiazole rings is 1. The Bertz CT molecular complexity index is 870. The first-order valence-corrected chi connectivity index (χ1v) is 8.60. The van der Waals surface area contributed by atoms with E-state index < -0.39 is 11.6 Å². The van der Waals surface area contributed by atoms with E-state index in [2.05, 4.69) is 20.5 Å². The molecule has 0 unspecified atom stereocenters.